The molecule has 1 aromatic carbocycles. The summed E-state index contributed by atoms with van der Waals surface area (Å²) in [6.07, 6.45) is 0.943. The molecule has 27 heavy (non-hydrogen) atoms. The zero-order chi connectivity index (χ0) is 19.1. The Labute approximate surface area is 159 Å². The summed E-state index contributed by atoms with van der Waals surface area (Å²) in [5, 5.41) is 25.1. The predicted octanol–water partition coefficient (Wildman–Crippen LogP) is 1.81. The van der Waals surface area contributed by atoms with E-state index < -0.39 is 10.2 Å². The van der Waals surface area contributed by atoms with Crippen molar-refractivity contribution in [3.05, 3.63) is 45.8 Å². The molecule has 4 rings (SSSR count). The first kappa shape index (κ1) is 18.1. The molecule has 0 bridgehead atoms. The molecule has 1 fully saturated rings. The van der Waals surface area contributed by atoms with Gasteiger partial charge in [-0.25, -0.2) is 4.98 Å². The molecule has 9 nitrogen and oxygen atoms in total. The van der Waals surface area contributed by atoms with Gasteiger partial charge in [-0.05, 0) is 25.3 Å². The van der Waals surface area contributed by atoms with E-state index >= 15 is 0 Å². The lowest BCUT2D eigenvalue weighted by molar-refractivity contribution is -0.384. The first-order chi connectivity index (χ1) is 12.9. The Bertz CT molecular complexity index is 876. The van der Waals surface area contributed by atoms with Crippen molar-refractivity contribution >= 4 is 23.4 Å². The summed E-state index contributed by atoms with van der Waals surface area (Å²) in [5.41, 5.74) is 0.854. The first-order valence-electron chi connectivity index (χ1n) is 8.75. The van der Waals surface area contributed by atoms with Gasteiger partial charge in [-0.2, -0.15) is 4.68 Å². The Morgan fingerprint density at radius 2 is 1.96 bits per heavy atom. The summed E-state index contributed by atoms with van der Waals surface area (Å²) in [7, 11) is 0. The normalized spacial score (nSPS) is 22.0. The van der Waals surface area contributed by atoms with Gasteiger partial charge in [0.15, 0.2) is 5.16 Å². The van der Waals surface area contributed by atoms with Crippen LogP contribution in [0, 0.1) is 17.0 Å². The SMILES string of the molecule is Cc1nc2n(n1)C(=O)C(C(c1ccc([N+](=O)[O-])cc1)N1CCC(O)CC1)S2. The zero-order valence-corrected chi connectivity index (χ0v) is 15.5. The molecular formula is C17H19N5O4S. The van der Waals surface area contributed by atoms with Crippen molar-refractivity contribution in [1.29, 1.82) is 0 Å². The molecule has 2 aromatic rings. The van der Waals surface area contributed by atoms with E-state index in [2.05, 4.69) is 15.0 Å². The largest absolute Gasteiger partial charge is 0.393 e. The van der Waals surface area contributed by atoms with Crippen LogP contribution in [0.2, 0.25) is 0 Å². The summed E-state index contributed by atoms with van der Waals surface area (Å²) in [6.45, 7) is 3.05. The van der Waals surface area contributed by atoms with Crippen LogP contribution in [0.5, 0.6) is 0 Å². The number of hydrogen-bond donors (Lipinski definition) is 1. The van der Waals surface area contributed by atoms with Gasteiger partial charge >= 0.3 is 0 Å². The van der Waals surface area contributed by atoms with Crippen LogP contribution in [0.25, 0.3) is 0 Å². The van der Waals surface area contributed by atoms with Crippen LogP contribution in [0.3, 0.4) is 0 Å². The van der Waals surface area contributed by atoms with Crippen molar-refractivity contribution in [3.63, 3.8) is 0 Å². The maximum Gasteiger partial charge on any atom is 0.269 e. The van der Waals surface area contributed by atoms with Crippen molar-refractivity contribution in [2.75, 3.05) is 13.1 Å². The highest BCUT2D eigenvalue weighted by molar-refractivity contribution is 8.00. The number of non-ortho nitro benzene ring substituents is 1. The fourth-order valence-electron chi connectivity index (χ4n) is 3.63. The second-order valence-electron chi connectivity index (χ2n) is 6.79. The number of aliphatic hydroxyl groups excluding tert-OH is 1. The molecule has 2 atom stereocenters. The van der Waals surface area contributed by atoms with E-state index in [0.29, 0.717) is 36.9 Å². The lowest BCUT2D eigenvalue weighted by Gasteiger charge is -2.38. The Hall–Kier alpha value is -2.30. The topological polar surface area (TPSA) is 114 Å². The van der Waals surface area contributed by atoms with Crippen molar-refractivity contribution in [3.8, 4) is 0 Å². The number of carbonyl (C=O) groups is 1. The van der Waals surface area contributed by atoms with Crippen molar-refractivity contribution in [1.82, 2.24) is 19.7 Å². The molecule has 0 saturated carbocycles. The predicted molar refractivity (Wildman–Crippen MR) is 97.7 cm³/mol. The summed E-state index contributed by atoms with van der Waals surface area (Å²) in [6, 6.07) is 6.08. The monoisotopic (exact) mass is 389 g/mol. The van der Waals surface area contributed by atoms with Crippen LogP contribution in [-0.4, -0.2) is 60.0 Å². The smallest absolute Gasteiger partial charge is 0.269 e. The Kier molecular flexibility index (Phi) is 4.70. The minimum Gasteiger partial charge on any atom is -0.393 e. The number of aryl methyl sites for hydroxylation is 1. The standard InChI is InChI=1S/C17H19N5O4S/c1-10-18-17-21(19-10)16(24)15(27-17)14(20-8-6-13(23)7-9-20)11-2-4-12(5-3-11)22(25)26/h2-5,13-15,23H,6-9H2,1H3. The highest BCUT2D eigenvalue weighted by Gasteiger charge is 2.43. The average molecular weight is 389 g/mol. The Morgan fingerprint density at radius 1 is 1.30 bits per heavy atom. The molecule has 0 spiro atoms. The van der Waals surface area contributed by atoms with Crippen molar-refractivity contribution in [2.24, 2.45) is 0 Å². The third-order valence-electron chi connectivity index (χ3n) is 4.99. The van der Waals surface area contributed by atoms with E-state index in [0.717, 1.165) is 5.56 Å². The van der Waals surface area contributed by atoms with Gasteiger partial charge in [0.1, 0.15) is 11.1 Å². The van der Waals surface area contributed by atoms with Crippen LogP contribution in [0.15, 0.2) is 29.4 Å². The summed E-state index contributed by atoms with van der Waals surface area (Å²) in [4.78, 5) is 30.0. The molecule has 142 valence electrons. The number of thioether (sulfide) groups is 1. The van der Waals surface area contributed by atoms with Crippen LogP contribution in [-0.2, 0) is 0 Å². The fourth-order valence-corrected chi connectivity index (χ4v) is 4.94. The minimum absolute atomic E-state index is 0.0159. The number of benzene rings is 1. The number of nitro groups is 1. The number of rotatable bonds is 4. The average Bonchev–Trinajstić information content (AvgIpc) is 3.15. The number of aliphatic hydroxyl groups is 1. The van der Waals surface area contributed by atoms with Gasteiger partial charge in [-0.1, -0.05) is 23.9 Å². The van der Waals surface area contributed by atoms with Gasteiger partial charge in [0.25, 0.3) is 11.6 Å². The number of carbonyl (C=O) groups excluding carboxylic acids is 1. The number of hydrogen-bond acceptors (Lipinski definition) is 8. The number of nitrogens with zero attached hydrogens (tertiary/aromatic N) is 5. The van der Waals surface area contributed by atoms with E-state index in [4.69, 9.17) is 0 Å². The summed E-state index contributed by atoms with van der Waals surface area (Å²) >= 11 is 1.37. The molecule has 0 aliphatic carbocycles. The molecule has 3 heterocycles. The molecule has 1 aromatic heterocycles. The molecular weight excluding hydrogens is 370 g/mol. The molecule has 2 aliphatic rings. The maximum atomic E-state index is 13.0. The molecule has 1 N–H and O–H groups in total. The highest BCUT2D eigenvalue weighted by Crippen LogP contribution is 2.42. The zero-order valence-electron chi connectivity index (χ0n) is 14.7. The van der Waals surface area contributed by atoms with E-state index in [-0.39, 0.29) is 23.7 Å². The molecule has 10 heteroatoms. The Morgan fingerprint density at radius 3 is 2.56 bits per heavy atom. The van der Waals surface area contributed by atoms with Gasteiger partial charge in [-0.15, -0.1) is 5.10 Å². The molecule has 1 saturated heterocycles. The minimum atomic E-state index is -0.437. The summed E-state index contributed by atoms with van der Waals surface area (Å²) in [5.74, 6) is 0.419. The van der Waals surface area contributed by atoms with E-state index in [9.17, 15) is 20.0 Å². The van der Waals surface area contributed by atoms with Gasteiger partial charge in [0.2, 0.25) is 0 Å². The molecule has 2 unspecified atom stereocenters. The lowest BCUT2D eigenvalue weighted by Crippen LogP contribution is -2.44. The number of likely N-dealkylation sites (tertiary alicyclic amines) is 1. The summed E-state index contributed by atoms with van der Waals surface area (Å²) < 4.78 is 1.35. The van der Waals surface area contributed by atoms with Crippen LogP contribution in [0.4, 0.5) is 5.69 Å². The number of nitro benzene ring substituents is 1. The third-order valence-corrected chi connectivity index (χ3v) is 6.18. The van der Waals surface area contributed by atoms with Crippen LogP contribution < -0.4 is 0 Å². The molecule has 0 radical (unpaired) electrons. The van der Waals surface area contributed by atoms with Gasteiger partial charge in [0.05, 0.1) is 17.1 Å². The maximum absolute atomic E-state index is 13.0. The van der Waals surface area contributed by atoms with Crippen LogP contribution >= 0.6 is 11.8 Å². The van der Waals surface area contributed by atoms with E-state index in [1.165, 1.54) is 28.6 Å². The van der Waals surface area contributed by atoms with Gasteiger partial charge in [-0.3, -0.25) is 19.8 Å². The van der Waals surface area contributed by atoms with Crippen LogP contribution in [0.1, 0.15) is 35.1 Å². The van der Waals surface area contributed by atoms with Crippen molar-refractivity contribution in [2.45, 2.75) is 42.3 Å². The van der Waals surface area contributed by atoms with Gasteiger partial charge < -0.3 is 5.11 Å². The number of fused-ring (bicyclic) bond motifs is 1. The third kappa shape index (κ3) is 3.35. The number of aromatic nitrogens is 3. The first-order valence-corrected chi connectivity index (χ1v) is 9.63. The molecule has 0 amide bonds. The van der Waals surface area contributed by atoms with E-state index in [1.54, 1.807) is 19.1 Å². The van der Waals surface area contributed by atoms with Crippen molar-refractivity contribution < 1.29 is 14.8 Å². The lowest BCUT2D eigenvalue weighted by atomic mass is 9.97. The number of piperidine rings is 1. The highest BCUT2D eigenvalue weighted by atomic mass is 32.2. The van der Waals surface area contributed by atoms with E-state index in [1.807, 2.05) is 0 Å². The second-order valence-corrected chi connectivity index (χ2v) is 7.90. The van der Waals surface area contributed by atoms with Gasteiger partial charge in [0, 0.05) is 25.2 Å². The quantitative estimate of drug-likeness (QED) is 0.622. The molecule has 2 aliphatic heterocycles. The fraction of sp³-hybridized carbons (Fsp3) is 0.471. The Balaban J connectivity index is 1.67. The second kappa shape index (κ2) is 7.02.